The fraction of sp³-hybridized carbons (Fsp3) is 0.107. The number of esters is 1. The number of nitrogens with one attached hydrogen (secondary N) is 2. The second-order valence-corrected chi connectivity index (χ2v) is 7.76. The Labute approximate surface area is 202 Å². The lowest BCUT2D eigenvalue weighted by molar-refractivity contribution is -0.146. The minimum absolute atomic E-state index is 0.0740. The van der Waals surface area contributed by atoms with E-state index >= 15 is 0 Å². The fourth-order valence-corrected chi connectivity index (χ4v) is 3.64. The summed E-state index contributed by atoms with van der Waals surface area (Å²) in [5, 5.41) is 7.47. The molecule has 0 atom stereocenters. The zero-order valence-electron chi connectivity index (χ0n) is 19.1. The van der Waals surface area contributed by atoms with Gasteiger partial charge in [-0.1, -0.05) is 54.6 Å². The third-order valence-corrected chi connectivity index (χ3v) is 5.36. The summed E-state index contributed by atoms with van der Waals surface area (Å²) in [7, 11) is 1.53. The molecular formula is C28H24N2O5. The Morgan fingerprint density at radius 2 is 1.49 bits per heavy atom. The molecule has 35 heavy (non-hydrogen) atoms. The summed E-state index contributed by atoms with van der Waals surface area (Å²) >= 11 is 0. The Balaban J connectivity index is 1.28. The molecule has 2 amide bonds. The van der Waals surface area contributed by atoms with E-state index < -0.39 is 18.5 Å². The van der Waals surface area contributed by atoms with Crippen LogP contribution in [0.5, 0.6) is 5.75 Å². The lowest BCUT2D eigenvalue weighted by Crippen LogP contribution is -2.21. The molecule has 4 aromatic rings. The van der Waals surface area contributed by atoms with Crippen LogP contribution in [0.3, 0.4) is 0 Å². The maximum absolute atomic E-state index is 12.5. The smallest absolute Gasteiger partial charge is 0.310 e. The molecule has 0 heterocycles. The van der Waals surface area contributed by atoms with E-state index in [1.165, 1.54) is 7.11 Å². The van der Waals surface area contributed by atoms with Gasteiger partial charge < -0.3 is 20.1 Å². The molecule has 0 aromatic heterocycles. The standard InChI is InChI=1S/C28H24N2O5/c1-34-25-12-5-4-11-24(25)30-28(33)20-13-15-22(16-14-20)29-26(31)18-35-27(32)17-21-9-6-8-19-7-2-3-10-23(19)21/h2-16H,17-18H2,1H3,(H,29,31)(H,30,33). The van der Waals surface area contributed by atoms with Crippen molar-refractivity contribution in [1.82, 2.24) is 0 Å². The van der Waals surface area contributed by atoms with Crippen LogP contribution in [0.15, 0.2) is 91.0 Å². The van der Waals surface area contributed by atoms with Gasteiger partial charge in [0.2, 0.25) is 0 Å². The molecule has 2 N–H and O–H groups in total. The minimum atomic E-state index is -0.486. The van der Waals surface area contributed by atoms with Crippen molar-refractivity contribution in [1.29, 1.82) is 0 Å². The summed E-state index contributed by atoms with van der Waals surface area (Å²) < 4.78 is 10.4. The Morgan fingerprint density at radius 1 is 0.771 bits per heavy atom. The first-order chi connectivity index (χ1) is 17.0. The molecule has 7 nitrogen and oxygen atoms in total. The van der Waals surface area contributed by atoms with Crippen molar-refractivity contribution in [3.05, 3.63) is 102 Å². The number of rotatable bonds is 8. The van der Waals surface area contributed by atoms with Crippen LogP contribution in [-0.2, 0) is 20.7 Å². The van der Waals surface area contributed by atoms with Gasteiger partial charge in [-0.25, -0.2) is 0 Å². The molecule has 0 aliphatic rings. The summed E-state index contributed by atoms with van der Waals surface area (Å²) in [5.74, 6) is -0.711. The summed E-state index contributed by atoms with van der Waals surface area (Å²) in [6, 6.07) is 27.0. The van der Waals surface area contributed by atoms with Gasteiger partial charge in [-0.05, 0) is 52.7 Å². The van der Waals surface area contributed by atoms with E-state index in [1.807, 2.05) is 48.5 Å². The van der Waals surface area contributed by atoms with Crippen LogP contribution >= 0.6 is 0 Å². The van der Waals surface area contributed by atoms with Crippen LogP contribution in [0.2, 0.25) is 0 Å². The van der Waals surface area contributed by atoms with Gasteiger partial charge in [0.05, 0.1) is 19.2 Å². The molecule has 7 heteroatoms. The summed E-state index contributed by atoms with van der Waals surface area (Å²) in [6.45, 7) is -0.403. The number of benzene rings is 4. The summed E-state index contributed by atoms with van der Waals surface area (Å²) in [5.41, 5.74) is 2.29. The first-order valence-electron chi connectivity index (χ1n) is 11.0. The largest absolute Gasteiger partial charge is 0.495 e. The number of hydrogen-bond acceptors (Lipinski definition) is 5. The van der Waals surface area contributed by atoms with E-state index in [4.69, 9.17) is 9.47 Å². The summed E-state index contributed by atoms with van der Waals surface area (Å²) in [6.07, 6.45) is 0.0740. The lowest BCUT2D eigenvalue weighted by atomic mass is 10.0. The predicted molar refractivity (Wildman–Crippen MR) is 135 cm³/mol. The normalized spacial score (nSPS) is 10.4. The second-order valence-electron chi connectivity index (χ2n) is 7.76. The number of para-hydroxylation sites is 2. The third kappa shape index (κ3) is 6.03. The summed E-state index contributed by atoms with van der Waals surface area (Å²) in [4.78, 5) is 37.0. The Hall–Kier alpha value is -4.65. The highest BCUT2D eigenvalue weighted by molar-refractivity contribution is 6.05. The average Bonchev–Trinajstić information content (AvgIpc) is 2.88. The molecule has 0 fully saturated rings. The van der Waals surface area contributed by atoms with Crippen molar-refractivity contribution in [2.24, 2.45) is 0 Å². The zero-order chi connectivity index (χ0) is 24.6. The van der Waals surface area contributed by atoms with Gasteiger partial charge in [-0.3, -0.25) is 14.4 Å². The maximum Gasteiger partial charge on any atom is 0.310 e. The van der Waals surface area contributed by atoms with Crippen molar-refractivity contribution in [2.75, 3.05) is 24.4 Å². The Morgan fingerprint density at radius 3 is 2.29 bits per heavy atom. The molecule has 0 aliphatic carbocycles. The number of carbonyl (C=O) groups is 3. The average molecular weight is 469 g/mol. The minimum Gasteiger partial charge on any atom is -0.495 e. The molecule has 0 unspecified atom stereocenters. The van der Waals surface area contributed by atoms with Gasteiger partial charge in [0.25, 0.3) is 11.8 Å². The van der Waals surface area contributed by atoms with Gasteiger partial charge in [-0.15, -0.1) is 0 Å². The molecule has 0 bridgehead atoms. The number of anilines is 2. The molecular weight excluding hydrogens is 444 g/mol. The van der Waals surface area contributed by atoms with Crippen LogP contribution in [0.1, 0.15) is 15.9 Å². The highest BCUT2D eigenvalue weighted by Crippen LogP contribution is 2.24. The third-order valence-electron chi connectivity index (χ3n) is 5.36. The van der Waals surface area contributed by atoms with Gasteiger partial charge >= 0.3 is 5.97 Å². The monoisotopic (exact) mass is 468 g/mol. The van der Waals surface area contributed by atoms with E-state index in [1.54, 1.807) is 42.5 Å². The number of ether oxygens (including phenoxy) is 2. The molecule has 0 radical (unpaired) electrons. The molecule has 0 aliphatic heterocycles. The van der Waals surface area contributed by atoms with Crippen LogP contribution in [0, 0.1) is 0 Å². The van der Waals surface area contributed by atoms with E-state index in [2.05, 4.69) is 10.6 Å². The number of methoxy groups -OCH3 is 1. The van der Waals surface area contributed by atoms with Crippen LogP contribution in [0.25, 0.3) is 10.8 Å². The first kappa shape index (κ1) is 23.5. The second kappa shape index (κ2) is 11.0. The van der Waals surface area contributed by atoms with Crippen LogP contribution in [-0.4, -0.2) is 31.5 Å². The Kier molecular flexibility index (Phi) is 7.37. The number of amides is 2. The highest BCUT2D eigenvalue weighted by atomic mass is 16.5. The topological polar surface area (TPSA) is 93.7 Å². The quantitative estimate of drug-likeness (QED) is 0.362. The van der Waals surface area contributed by atoms with Crippen molar-refractivity contribution < 1.29 is 23.9 Å². The molecule has 4 rings (SSSR count). The number of hydrogen-bond donors (Lipinski definition) is 2. The van der Waals surface area contributed by atoms with Gasteiger partial charge in [-0.2, -0.15) is 0 Å². The molecule has 0 saturated carbocycles. The number of carbonyl (C=O) groups excluding carboxylic acids is 3. The maximum atomic E-state index is 12.5. The fourth-order valence-electron chi connectivity index (χ4n) is 3.64. The van der Waals surface area contributed by atoms with Gasteiger partial charge in [0.15, 0.2) is 6.61 Å². The van der Waals surface area contributed by atoms with Gasteiger partial charge in [0, 0.05) is 11.3 Å². The highest BCUT2D eigenvalue weighted by Gasteiger charge is 2.12. The molecule has 176 valence electrons. The van der Waals surface area contributed by atoms with E-state index in [0.29, 0.717) is 22.7 Å². The van der Waals surface area contributed by atoms with E-state index in [-0.39, 0.29) is 12.3 Å². The van der Waals surface area contributed by atoms with Crippen molar-refractivity contribution in [3.63, 3.8) is 0 Å². The van der Waals surface area contributed by atoms with E-state index in [0.717, 1.165) is 16.3 Å². The van der Waals surface area contributed by atoms with Gasteiger partial charge in [0.1, 0.15) is 5.75 Å². The SMILES string of the molecule is COc1ccccc1NC(=O)c1ccc(NC(=O)COC(=O)Cc2cccc3ccccc23)cc1. The van der Waals surface area contributed by atoms with E-state index in [9.17, 15) is 14.4 Å². The van der Waals surface area contributed by atoms with Crippen molar-refractivity contribution in [3.8, 4) is 5.75 Å². The lowest BCUT2D eigenvalue weighted by Gasteiger charge is -2.11. The van der Waals surface area contributed by atoms with Crippen molar-refractivity contribution in [2.45, 2.75) is 6.42 Å². The Bertz CT molecular complexity index is 1360. The predicted octanol–water partition coefficient (Wildman–Crippen LogP) is 4.83. The van der Waals surface area contributed by atoms with Crippen LogP contribution < -0.4 is 15.4 Å². The van der Waals surface area contributed by atoms with Crippen molar-refractivity contribution >= 4 is 39.9 Å². The first-order valence-corrected chi connectivity index (χ1v) is 11.0. The molecule has 4 aromatic carbocycles. The number of fused-ring (bicyclic) bond motifs is 1. The molecule has 0 spiro atoms. The van der Waals surface area contributed by atoms with Crippen LogP contribution in [0.4, 0.5) is 11.4 Å². The zero-order valence-corrected chi connectivity index (χ0v) is 19.1. The molecule has 0 saturated heterocycles.